The van der Waals surface area contributed by atoms with Crippen LogP contribution in [0.1, 0.15) is 32.9 Å². The molecule has 0 radical (unpaired) electrons. The Balaban J connectivity index is 1.32. The third-order valence-electron chi connectivity index (χ3n) is 6.44. The number of alkyl halides is 3. The van der Waals surface area contributed by atoms with Crippen LogP contribution in [0.4, 0.5) is 18.9 Å². The molecule has 1 aliphatic heterocycles. The van der Waals surface area contributed by atoms with E-state index in [0.717, 1.165) is 12.1 Å². The summed E-state index contributed by atoms with van der Waals surface area (Å²) in [5.74, 6) is -1.48. The molecule has 0 fully saturated rings. The first-order chi connectivity index (χ1) is 18.9. The quantitative estimate of drug-likeness (QED) is 0.156. The lowest BCUT2D eigenvalue weighted by molar-refractivity contribution is -0.646. The number of nitrogens with zero attached hydrogens (tertiary/aromatic N) is 3. The molecule has 11 nitrogen and oxygen atoms in total. The Labute approximate surface area is 224 Å². The van der Waals surface area contributed by atoms with Crippen molar-refractivity contribution in [1.29, 1.82) is 0 Å². The Hall–Kier alpha value is -4.85. The number of hydrogen-bond acceptors (Lipinski definition) is 6. The van der Waals surface area contributed by atoms with Crippen molar-refractivity contribution < 1.29 is 37.4 Å². The minimum Gasteiger partial charge on any atom is -0.691 e. The van der Waals surface area contributed by atoms with Gasteiger partial charge in [0.25, 0.3) is 11.8 Å². The Morgan fingerprint density at radius 1 is 1.27 bits per heavy atom. The minimum absolute atomic E-state index is 0.0347. The van der Waals surface area contributed by atoms with E-state index in [0.29, 0.717) is 38.5 Å². The number of anilines is 1. The van der Waals surface area contributed by atoms with Gasteiger partial charge < -0.3 is 30.7 Å². The van der Waals surface area contributed by atoms with Crippen LogP contribution in [0.25, 0.3) is 22.7 Å². The maximum absolute atomic E-state index is 13.0. The zero-order chi connectivity index (χ0) is 28.8. The number of aryl methyl sites for hydroxylation is 1. The number of para-hydroxylation sites is 2. The molecule has 1 atom stereocenters. The number of rotatable bonds is 7. The molecule has 208 valence electrons. The SMILES string of the molecule is Cc1[nH]c(/C=C2\C(=O)Nc3ccc(OC(F)(F)F)cc32)c(C)c1C(=O)NCC(O)Cn1n[n+]([O-])c2ccccc21. The maximum Gasteiger partial charge on any atom is 0.573 e. The van der Waals surface area contributed by atoms with Gasteiger partial charge in [-0.15, -0.1) is 22.7 Å². The molecule has 5 rings (SSSR count). The molecular formula is C26H23F3N6O5. The van der Waals surface area contributed by atoms with E-state index in [2.05, 4.69) is 25.6 Å². The molecule has 4 aromatic rings. The second-order valence-electron chi connectivity index (χ2n) is 9.23. The van der Waals surface area contributed by atoms with Crippen molar-refractivity contribution >= 4 is 40.2 Å². The zero-order valence-electron chi connectivity index (χ0n) is 21.2. The fourth-order valence-electron chi connectivity index (χ4n) is 4.65. The number of ether oxygens (including phenoxy) is 1. The maximum atomic E-state index is 13.0. The number of aliphatic hydroxyl groups excluding tert-OH is 1. The van der Waals surface area contributed by atoms with Crippen LogP contribution in [-0.2, 0) is 11.3 Å². The first kappa shape index (κ1) is 26.7. The summed E-state index contributed by atoms with van der Waals surface area (Å²) in [5, 5.41) is 31.5. The Morgan fingerprint density at radius 3 is 2.77 bits per heavy atom. The number of nitrogens with one attached hydrogen (secondary N) is 3. The van der Waals surface area contributed by atoms with E-state index in [1.54, 1.807) is 38.1 Å². The molecule has 0 saturated heterocycles. The molecule has 1 aliphatic rings. The number of H-pyrrole nitrogens is 1. The van der Waals surface area contributed by atoms with E-state index < -0.39 is 30.0 Å². The standard InChI is InChI=1S/C26H23F3N6O5/c1-13-20(10-18-17-9-16(40-26(27,28)29)7-8-19(17)32-24(18)37)31-14(2)23(13)25(38)30-11-15(36)12-34-21-5-3-4-6-22(21)35(39)33-34/h3-10,15,31,36H,11-12H2,1-2H3,(H,30,38)(H,32,37)/b18-10-. The molecule has 2 aromatic carbocycles. The van der Waals surface area contributed by atoms with E-state index >= 15 is 0 Å². The smallest absolute Gasteiger partial charge is 0.573 e. The van der Waals surface area contributed by atoms with Crippen LogP contribution in [0.5, 0.6) is 5.75 Å². The second-order valence-corrected chi connectivity index (χ2v) is 9.23. The number of aromatic nitrogens is 4. The van der Waals surface area contributed by atoms with Crippen molar-refractivity contribution in [2.75, 3.05) is 11.9 Å². The summed E-state index contributed by atoms with van der Waals surface area (Å²) in [6.45, 7) is 3.14. The third-order valence-corrected chi connectivity index (χ3v) is 6.44. The van der Waals surface area contributed by atoms with Crippen molar-refractivity contribution in [2.24, 2.45) is 0 Å². The highest BCUT2D eigenvalue weighted by Gasteiger charge is 2.33. The van der Waals surface area contributed by atoms with Gasteiger partial charge in [0.15, 0.2) is 5.52 Å². The zero-order valence-corrected chi connectivity index (χ0v) is 21.2. The summed E-state index contributed by atoms with van der Waals surface area (Å²) in [4.78, 5) is 29.1. The van der Waals surface area contributed by atoms with Crippen LogP contribution in [-0.4, -0.2) is 50.8 Å². The van der Waals surface area contributed by atoms with Crippen LogP contribution >= 0.6 is 0 Å². The molecular weight excluding hydrogens is 533 g/mol. The van der Waals surface area contributed by atoms with Crippen LogP contribution in [0.3, 0.4) is 0 Å². The fourth-order valence-corrected chi connectivity index (χ4v) is 4.65. The van der Waals surface area contributed by atoms with E-state index in [1.165, 1.54) is 16.8 Å². The van der Waals surface area contributed by atoms with Gasteiger partial charge in [-0.3, -0.25) is 9.59 Å². The van der Waals surface area contributed by atoms with Crippen molar-refractivity contribution in [3.8, 4) is 5.75 Å². The lowest BCUT2D eigenvalue weighted by Crippen LogP contribution is -2.36. The number of aromatic amines is 1. The van der Waals surface area contributed by atoms with Gasteiger partial charge in [-0.05, 0) is 55.8 Å². The number of amides is 2. The Kier molecular flexibility index (Phi) is 6.71. The van der Waals surface area contributed by atoms with Crippen molar-refractivity contribution in [1.82, 2.24) is 20.2 Å². The van der Waals surface area contributed by atoms with E-state index in [4.69, 9.17) is 0 Å². The molecule has 2 aromatic heterocycles. The molecule has 1 unspecified atom stereocenters. The van der Waals surface area contributed by atoms with Gasteiger partial charge in [0.1, 0.15) is 18.4 Å². The highest BCUT2D eigenvalue weighted by Crippen LogP contribution is 2.37. The number of aliphatic hydroxyl groups is 1. The van der Waals surface area contributed by atoms with E-state index in [-0.39, 0.29) is 29.8 Å². The topological polar surface area (TPSA) is 148 Å². The molecule has 0 aliphatic carbocycles. The van der Waals surface area contributed by atoms with Crippen molar-refractivity contribution in [2.45, 2.75) is 32.9 Å². The van der Waals surface area contributed by atoms with Gasteiger partial charge in [-0.1, -0.05) is 12.1 Å². The van der Waals surface area contributed by atoms with Crippen LogP contribution in [0.15, 0.2) is 42.5 Å². The molecule has 4 N–H and O–H groups in total. The lowest BCUT2D eigenvalue weighted by atomic mass is 10.0. The summed E-state index contributed by atoms with van der Waals surface area (Å²) < 4.78 is 43.4. The normalized spacial score (nSPS) is 14.8. The number of fused-ring (bicyclic) bond motifs is 2. The van der Waals surface area contributed by atoms with Crippen molar-refractivity contribution in [3.05, 3.63) is 75.8 Å². The lowest BCUT2D eigenvalue weighted by Gasteiger charge is -2.10. The summed E-state index contributed by atoms with van der Waals surface area (Å²) in [6, 6.07) is 10.3. The summed E-state index contributed by atoms with van der Waals surface area (Å²) in [6.07, 6.45) is -4.49. The molecule has 14 heteroatoms. The van der Waals surface area contributed by atoms with E-state index in [9.17, 15) is 33.1 Å². The molecule has 0 saturated carbocycles. The summed E-state index contributed by atoms with van der Waals surface area (Å²) in [5.41, 5.74) is 3.19. The van der Waals surface area contributed by atoms with Crippen molar-refractivity contribution in [3.63, 3.8) is 0 Å². The third kappa shape index (κ3) is 5.20. The highest BCUT2D eigenvalue weighted by molar-refractivity contribution is 6.35. The molecule has 3 heterocycles. The van der Waals surface area contributed by atoms with Crippen LogP contribution in [0, 0.1) is 19.1 Å². The van der Waals surface area contributed by atoms with Gasteiger partial charge in [0.2, 0.25) is 5.52 Å². The second kappa shape index (κ2) is 10.0. The van der Waals surface area contributed by atoms with Gasteiger partial charge in [-0.25, -0.2) is 0 Å². The summed E-state index contributed by atoms with van der Waals surface area (Å²) >= 11 is 0. The highest BCUT2D eigenvalue weighted by atomic mass is 19.4. The van der Waals surface area contributed by atoms with Gasteiger partial charge in [0, 0.05) is 29.2 Å². The Morgan fingerprint density at radius 2 is 2.02 bits per heavy atom. The predicted molar refractivity (Wildman–Crippen MR) is 137 cm³/mol. The van der Waals surface area contributed by atoms with Gasteiger partial charge in [-0.2, -0.15) is 0 Å². The fraction of sp³-hybridized carbons (Fsp3) is 0.231. The van der Waals surface area contributed by atoms with Crippen LogP contribution < -0.4 is 20.2 Å². The minimum atomic E-state index is -4.89. The molecule has 0 bridgehead atoms. The average molecular weight is 557 g/mol. The molecule has 0 spiro atoms. The average Bonchev–Trinajstić information content (AvgIpc) is 3.47. The number of benzene rings is 2. The number of carbonyl (C=O) groups is 2. The Bertz CT molecular complexity index is 1670. The monoisotopic (exact) mass is 556 g/mol. The first-order valence-electron chi connectivity index (χ1n) is 12.1. The predicted octanol–water partition coefficient (Wildman–Crippen LogP) is 2.80. The number of halogens is 3. The van der Waals surface area contributed by atoms with Gasteiger partial charge in [0.05, 0.1) is 16.3 Å². The van der Waals surface area contributed by atoms with E-state index in [1.807, 2.05) is 0 Å². The number of carbonyl (C=O) groups excluding carboxylic acids is 2. The number of hydrogen-bond donors (Lipinski definition) is 4. The summed E-state index contributed by atoms with van der Waals surface area (Å²) in [7, 11) is 0. The molecule has 2 amide bonds. The molecule has 40 heavy (non-hydrogen) atoms. The largest absolute Gasteiger partial charge is 0.691 e. The first-order valence-corrected chi connectivity index (χ1v) is 12.1. The van der Waals surface area contributed by atoms with Crippen LogP contribution in [0.2, 0.25) is 0 Å². The van der Waals surface area contributed by atoms with Gasteiger partial charge >= 0.3 is 6.36 Å².